The average Bonchev–Trinajstić information content (AvgIpc) is 0.769. The van der Waals surface area contributed by atoms with Crippen LogP contribution in [-0.4, -0.2) is 522 Å². The van der Waals surface area contributed by atoms with Gasteiger partial charge in [-0.15, -0.1) is 0 Å². The van der Waals surface area contributed by atoms with Crippen molar-refractivity contribution in [3.63, 3.8) is 0 Å². The molecular weight excluding hydrogens is 1900 g/mol. The summed E-state index contributed by atoms with van der Waals surface area (Å²) in [6.45, 7) is 2.31. The second-order valence-electron chi connectivity index (χ2n) is 33.3. The Labute approximate surface area is 777 Å². The van der Waals surface area contributed by atoms with E-state index in [2.05, 4.69) is 21.3 Å². The molecule has 0 spiro atoms. The predicted octanol–water partition coefficient (Wildman–Crippen LogP) is -19.2. The van der Waals surface area contributed by atoms with Gasteiger partial charge in [-0.2, -0.15) is 0 Å². The molecular formula is C74H118N8O52S2. The van der Waals surface area contributed by atoms with Gasteiger partial charge in [0.1, 0.15) is 195 Å². The van der Waals surface area contributed by atoms with Crippen molar-refractivity contribution in [3.8, 4) is 0 Å². The lowest BCUT2D eigenvalue weighted by molar-refractivity contribution is -0.369. The van der Waals surface area contributed by atoms with Crippen LogP contribution in [0.25, 0.3) is 0 Å². The zero-order valence-corrected chi connectivity index (χ0v) is 74.8. The molecule has 31 N–H and O–H groups in total. The van der Waals surface area contributed by atoms with E-state index in [-0.39, 0.29) is 29.8 Å². The third kappa shape index (κ3) is 25.6. The van der Waals surface area contributed by atoms with Crippen LogP contribution in [0.2, 0.25) is 0 Å². The van der Waals surface area contributed by atoms with E-state index in [1.807, 2.05) is 21.7 Å². The molecule has 778 valence electrons. The van der Waals surface area contributed by atoms with Gasteiger partial charge in [-0.1, -0.05) is 37.4 Å². The zero-order chi connectivity index (χ0) is 101. The van der Waals surface area contributed by atoms with Crippen molar-refractivity contribution >= 4 is 81.7 Å². The number of hydrogen-bond donors (Lipinski definition) is 31. The van der Waals surface area contributed by atoms with E-state index in [1.54, 1.807) is 0 Å². The van der Waals surface area contributed by atoms with Gasteiger partial charge in [0, 0.05) is 65.3 Å². The van der Waals surface area contributed by atoms with Crippen molar-refractivity contribution in [3.05, 3.63) is 0 Å². The number of aliphatic hydroxyl groups is 22. The normalized spacial score (nSPS) is 45.5. The summed E-state index contributed by atoms with van der Waals surface area (Å²) in [5.41, 5.74) is 7.78. The third-order valence-corrected chi connectivity index (χ3v) is 25.6. The molecule has 10 heterocycles. The second kappa shape index (κ2) is 49.3. The standard InChI is InChI=1S/C74H118N8O52S2/c1-16-22(9-83)118-67(45(104)33(16)92)126-54-31(77-20(5)90)65(121-25(12-86)39(54)98)130-56-43(102)49(108)71(127-52-29(75-18(3)88)63(116-7)119-23(10-84)37(52)96)132-58(56)60(110)79-81-73(114)135-14-27-35(94)41(100)47(106)68(123-27)134-69-48(107)42(101)36(95)28(124-69)15-136-74(115)82-80-61(111)59-57(44(103)50(109)72(133-59)128-53-30(76-19(4)89)64(117-8)120-24(11-85)38(53)97)131-66-32(78-21(6)91)55(40(99)26(13-87)122-66)129-70-46(105)34(93)17(2)51(125-70)62(112)113/h9,16-17,22-59,63-72,84-87,92-109H,10-15H2,1-8H3,(H,75,88)(H,76,89)(H,77,90)(H,78,91)(H,79,110)(H,80,111)(H,81,114)(H,82,115)(H,112,113)/t16-,17+,22?,23?,24?,25?,26?,27?,28?,29?,30?,31?,32?,33+,34+,35-,36-,37-,38-,39-,40-,41+,42+,43-,44-,45?,46?,47?,48?,49?,50?,51?,52-,53-,54-,55-,56+,57+,58?,59?,63-,64-,65+,66+,67+,68-,69-,70+,71-,72-/m1/s1. The first kappa shape index (κ1) is 112. The lowest BCUT2D eigenvalue weighted by atomic mass is 9.90. The summed E-state index contributed by atoms with van der Waals surface area (Å²) in [7, 11) is 2.18. The Morgan fingerprint density at radius 1 is 0.294 bits per heavy atom. The fourth-order valence-corrected chi connectivity index (χ4v) is 18.0. The second-order valence-corrected chi connectivity index (χ2v) is 35.3. The van der Waals surface area contributed by atoms with Crippen LogP contribution in [0.5, 0.6) is 0 Å². The van der Waals surface area contributed by atoms with E-state index >= 15 is 0 Å². The monoisotopic (exact) mass is 2010 g/mol. The first-order chi connectivity index (χ1) is 64.2. The number of methoxy groups -OCH3 is 2. The van der Waals surface area contributed by atoms with Gasteiger partial charge < -0.3 is 234 Å². The minimum absolute atomic E-state index is 0.121. The minimum atomic E-state index is -2.54. The number of hydrazine groups is 2. The Hall–Kier alpha value is -6.04. The number of carboxylic acids is 1. The topological polar surface area (TPSA) is 908 Å². The number of ether oxygens (including phenoxy) is 19. The summed E-state index contributed by atoms with van der Waals surface area (Å²) in [6.07, 6.45) is -91.3. The first-order valence-electron chi connectivity index (χ1n) is 42.3. The number of aldehydes is 1. The van der Waals surface area contributed by atoms with E-state index in [0.29, 0.717) is 0 Å². The van der Waals surface area contributed by atoms with Crippen molar-refractivity contribution in [1.82, 2.24) is 43.0 Å². The largest absolute Gasteiger partial charge is 0.479 e. The zero-order valence-electron chi connectivity index (χ0n) is 73.1. The van der Waals surface area contributed by atoms with Crippen molar-refractivity contribution in [2.24, 2.45) is 11.8 Å². The molecule has 0 aromatic rings. The number of carbonyl (C=O) groups excluding carboxylic acids is 9. The Morgan fingerprint density at radius 3 is 0.860 bits per heavy atom. The van der Waals surface area contributed by atoms with Gasteiger partial charge in [0.25, 0.3) is 22.3 Å². The van der Waals surface area contributed by atoms with E-state index in [1.165, 1.54) is 13.8 Å². The van der Waals surface area contributed by atoms with Crippen molar-refractivity contribution in [1.29, 1.82) is 0 Å². The molecule has 0 bridgehead atoms. The lowest BCUT2D eigenvalue weighted by Gasteiger charge is -2.50. The number of aliphatic hydroxyl groups excluding tert-OH is 22. The Balaban J connectivity index is 0.824. The Kier molecular flexibility index (Phi) is 40.6. The number of amides is 8. The van der Waals surface area contributed by atoms with Crippen molar-refractivity contribution < 1.29 is 255 Å². The van der Waals surface area contributed by atoms with Gasteiger partial charge in [-0.05, 0) is 0 Å². The smallest absolute Gasteiger partial charge is 0.333 e. The number of carbonyl (C=O) groups is 10. The van der Waals surface area contributed by atoms with Crippen LogP contribution in [0.1, 0.15) is 41.5 Å². The van der Waals surface area contributed by atoms with Crippen molar-refractivity contribution in [2.45, 2.75) is 336 Å². The van der Waals surface area contributed by atoms with Crippen LogP contribution in [0.3, 0.4) is 0 Å². The molecule has 0 aromatic carbocycles. The third-order valence-electron chi connectivity index (χ3n) is 23.9. The predicted molar refractivity (Wildman–Crippen MR) is 428 cm³/mol. The molecule has 20 unspecified atom stereocenters. The van der Waals surface area contributed by atoms with E-state index in [0.717, 1.165) is 41.9 Å². The molecule has 0 aromatic heterocycles. The molecule has 60 nitrogen and oxygen atoms in total. The van der Waals surface area contributed by atoms with Crippen LogP contribution in [0.4, 0.5) is 9.59 Å². The molecule has 50 atom stereocenters. The molecule has 0 radical (unpaired) electrons. The van der Waals surface area contributed by atoms with Crippen LogP contribution < -0.4 is 43.0 Å². The molecule has 8 amide bonds. The lowest BCUT2D eigenvalue weighted by Crippen LogP contribution is -2.71. The SMILES string of the molecule is CO[C@@H]1OC(CO)[C@@H](O)[C@H](O[C@@H]2OC(C(=O)NNC(=O)SCC3O[C@H](O[C@H]4OC(CSC(=O)NNC(=O)C5O[C@@H](O[C@@H]6C(NC(C)=O)[C@H](OC)OC(CO)[C@H]6O)C(O)[C@@H](O)[C@@H]5O[C@@H]5OC(CO)[C@@H](O)[C@H](O[C@@H]6OC(C(=O)O)[C@@H](C)[C@H](O)C6O)C5NC(C)=O)[C@@H](O)[C@H](O)C4O)C(O)[C@@H](O)[C@@H]3O)[C@@H](O[C@@H]3OC(CO)[C@@H](O)[C@H](O[C@@H]4OC(C=O)[C@@H](C)[C@H](O)C4O)C3NC(C)=O)[C@H](O)C2O)C1NC(C)=O. The van der Waals surface area contributed by atoms with Crippen LogP contribution in [-0.2, 0) is 128 Å². The summed E-state index contributed by atoms with van der Waals surface area (Å²) in [5.74, 6) is -12.3. The summed E-state index contributed by atoms with van der Waals surface area (Å²) < 4.78 is 109. The maximum absolute atomic E-state index is 14.7. The Bertz CT molecular complexity index is 3950. The van der Waals surface area contributed by atoms with Crippen LogP contribution >= 0.6 is 23.5 Å². The van der Waals surface area contributed by atoms with E-state index in [9.17, 15) is 165 Å². The molecule has 10 aliphatic heterocycles. The highest BCUT2D eigenvalue weighted by molar-refractivity contribution is 8.13. The highest BCUT2D eigenvalue weighted by Gasteiger charge is 2.62. The highest BCUT2D eigenvalue weighted by Crippen LogP contribution is 2.41. The minimum Gasteiger partial charge on any atom is -0.479 e. The summed E-state index contributed by atoms with van der Waals surface area (Å²) >= 11 is 0.250. The van der Waals surface area contributed by atoms with Gasteiger partial charge in [0.05, 0.1) is 50.8 Å². The number of nitrogens with one attached hydrogen (secondary N) is 8. The average molecular weight is 2020 g/mol. The van der Waals surface area contributed by atoms with Crippen molar-refractivity contribution in [2.75, 3.05) is 52.2 Å². The summed E-state index contributed by atoms with van der Waals surface area (Å²) in [4.78, 5) is 132. The number of aliphatic carboxylic acids is 1. The molecule has 62 heteroatoms. The fraction of sp³-hybridized carbons (Fsp3) is 0.865. The van der Waals surface area contributed by atoms with Gasteiger partial charge in [0.2, 0.25) is 23.6 Å². The number of rotatable bonds is 32. The number of thioether (sulfide) groups is 2. The highest BCUT2D eigenvalue weighted by atomic mass is 32.2. The van der Waals surface area contributed by atoms with Gasteiger partial charge in [0.15, 0.2) is 81.2 Å². The van der Waals surface area contributed by atoms with Crippen LogP contribution in [0.15, 0.2) is 0 Å². The first-order valence-corrected chi connectivity index (χ1v) is 44.3. The number of hydrogen-bond acceptors (Lipinski definition) is 53. The van der Waals surface area contributed by atoms with E-state index in [4.69, 9.17) is 90.0 Å². The maximum Gasteiger partial charge on any atom is 0.333 e. The fourth-order valence-electron chi connectivity index (χ4n) is 16.6. The molecule has 0 saturated carbocycles. The molecule has 10 rings (SSSR count). The Morgan fingerprint density at radius 2 is 0.559 bits per heavy atom. The quantitative estimate of drug-likeness (QED) is 0.0220. The van der Waals surface area contributed by atoms with E-state index < -0.39 is 396 Å². The molecule has 10 fully saturated rings. The number of carboxylic acid groups (broad SMARTS) is 1. The molecule has 136 heavy (non-hydrogen) atoms. The molecule has 0 aliphatic carbocycles. The van der Waals surface area contributed by atoms with Gasteiger partial charge >= 0.3 is 5.97 Å². The maximum atomic E-state index is 14.7. The summed E-state index contributed by atoms with van der Waals surface area (Å²) in [6, 6.07) is -7.00. The van der Waals surface area contributed by atoms with Crippen LogP contribution in [0, 0.1) is 11.8 Å². The molecule has 10 saturated heterocycles. The molecule has 10 aliphatic rings. The summed E-state index contributed by atoms with van der Waals surface area (Å²) in [5, 5.41) is 263. The van der Waals surface area contributed by atoms with Gasteiger partial charge in [-0.3, -0.25) is 60.1 Å². The van der Waals surface area contributed by atoms with Gasteiger partial charge in [-0.25, -0.2) is 4.79 Å².